The first-order valence-corrected chi connectivity index (χ1v) is 8.41. The van der Waals surface area contributed by atoms with Crippen LogP contribution in [-0.4, -0.2) is 17.6 Å². The van der Waals surface area contributed by atoms with Crippen molar-refractivity contribution in [1.82, 2.24) is 10.3 Å². The Morgan fingerprint density at radius 1 is 1.25 bits per heavy atom. The Kier molecular flexibility index (Phi) is 6.75. The summed E-state index contributed by atoms with van der Waals surface area (Å²) in [6.45, 7) is 3.33. The van der Waals surface area contributed by atoms with Crippen molar-refractivity contribution in [3.8, 4) is 0 Å². The van der Waals surface area contributed by atoms with Crippen LogP contribution in [0.15, 0.2) is 42.0 Å². The second-order valence-electron chi connectivity index (χ2n) is 5.18. The Morgan fingerprint density at radius 3 is 2.80 bits per heavy atom. The van der Waals surface area contributed by atoms with E-state index in [1.165, 1.54) is 36.1 Å². The fourth-order valence-electron chi connectivity index (χ4n) is 2.41. The van der Waals surface area contributed by atoms with E-state index in [2.05, 4.69) is 46.9 Å². The maximum Gasteiger partial charge on any atom is 0.0270 e. The van der Waals surface area contributed by atoms with Crippen LogP contribution in [0, 0.1) is 0 Å². The average Bonchev–Trinajstić information content (AvgIpc) is 2.99. The first kappa shape index (κ1) is 15.2. The molecule has 108 valence electrons. The van der Waals surface area contributed by atoms with Crippen LogP contribution in [0.4, 0.5) is 0 Å². The van der Waals surface area contributed by atoms with Crippen LogP contribution < -0.4 is 5.32 Å². The molecular formula is C17H24N2S. The molecular weight excluding hydrogens is 264 g/mol. The summed E-state index contributed by atoms with van der Waals surface area (Å²) in [5, 5.41) is 5.85. The normalized spacial score (nSPS) is 12.4. The van der Waals surface area contributed by atoms with Crippen LogP contribution in [0.3, 0.4) is 0 Å². The summed E-state index contributed by atoms with van der Waals surface area (Å²) in [5.41, 5.74) is 1.38. The number of hydrogen-bond acceptors (Lipinski definition) is 3. The predicted molar refractivity (Wildman–Crippen MR) is 87.3 cm³/mol. The van der Waals surface area contributed by atoms with Crippen molar-refractivity contribution >= 4 is 11.3 Å². The number of nitrogens with one attached hydrogen (secondary N) is 1. The zero-order valence-corrected chi connectivity index (χ0v) is 13.0. The van der Waals surface area contributed by atoms with Gasteiger partial charge in [0.05, 0.1) is 0 Å². The zero-order chi connectivity index (χ0) is 14.0. The Balaban J connectivity index is 1.80. The van der Waals surface area contributed by atoms with Gasteiger partial charge in [-0.2, -0.15) is 0 Å². The molecule has 0 aliphatic rings. The highest BCUT2D eigenvalue weighted by molar-refractivity contribution is 7.09. The zero-order valence-electron chi connectivity index (χ0n) is 12.2. The van der Waals surface area contributed by atoms with E-state index >= 15 is 0 Å². The van der Waals surface area contributed by atoms with Gasteiger partial charge in [0.15, 0.2) is 0 Å². The van der Waals surface area contributed by atoms with Crippen molar-refractivity contribution in [2.75, 3.05) is 6.54 Å². The molecule has 1 unspecified atom stereocenters. The molecule has 20 heavy (non-hydrogen) atoms. The van der Waals surface area contributed by atoms with Crippen LogP contribution in [-0.2, 0) is 12.8 Å². The monoisotopic (exact) mass is 288 g/mol. The third-order valence-electron chi connectivity index (χ3n) is 3.47. The molecule has 3 heteroatoms. The molecule has 2 aromatic heterocycles. The molecule has 0 saturated carbocycles. The predicted octanol–water partition coefficient (Wildman–Crippen LogP) is 4.08. The number of nitrogens with zero attached hydrogens (tertiary/aromatic N) is 1. The Labute approximate surface area is 126 Å². The third kappa shape index (κ3) is 5.43. The van der Waals surface area contributed by atoms with Gasteiger partial charge in [0.2, 0.25) is 0 Å². The van der Waals surface area contributed by atoms with Gasteiger partial charge in [-0.3, -0.25) is 4.98 Å². The molecule has 2 aromatic rings. The first-order chi connectivity index (χ1) is 9.88. The Hall–Kier alpha value is -1.19. The average molecular weight is 288 g/mol. The van der Waals surface area contributed by atoms with E-state index in [1.54, 1.807) is 0 Å². The maximum atomic E-state index is 4.09. The van der Waals surface area contributed by atoms with Crippen LogP contribution in [0.25, 0.3) is 0 Å². The van der Waals surface area contributed by atoms with Crippen LogP contribution >= 0.6 is 11.3 Å². The second-order valence-corrected chi connectivity index (χ2v) is 6.21. The number of rotatable bonds is 9. The lowest BCUT2D eigenvalue weighted by Crippen LogP contribution is -2.31. The minimum atomic E-state index is 0.581. The summed E-state index contributed by atoms with van der Waals surface area (Å²) in [6.07, 6.45) is 9.77. The molecule has 2 nitrogen and oxygen atoms in total. The minimum Gasteiger partial charge on any atom is -0.314 e. The van der Waals surface area contributed by atoms with Gasteiger partial charge in [-0.05, 0) is 67.8 Å². The van der Waals surface area contributed by atoms with Crippen molar-refractivity contribution in [3.63, 3.8) is 0 Å². The molecule has 1 N–H and O–H groups in total. The van der Waals surface area contributed by atoms with E-state index in [-0.39, 0.29) is 0 Å². The highest BCUT2D eigenvalue weighted by Crippen LogP contribution is 2.14. The largest absolute Gasteiger partial charge is 0.314 e. The van der Waals surface area contributed by atoms with Crippen LogP contribution in [0.2, 0.25) is 0 Å². The molecule has 0 radical (unpaired) electrons. The van der Waals surface area contributed by atoms with E-state index in [0.717, 1.165) is 13.0 Å². The molecule has 0 fully saturated rings. The SMILES string of the molecule is CCCNC(CCCc1cccs1)Cc1ccncc1. The van der Waals surface area contributed by atoms with Gasteiger partial charge in [0.25, 0.3) is 0 Å². The number of pyridine rings is 1. The topological polar surface area (TPSA) is 24.9 Å². The van der Waals surface area contributed by atoms with Crippen molar-refractivity contribution in [3.05, 3.63) is 52.5 Å². The van der Waals surface area contributed by atoms with Gasteiger partial charge in [-0.25, -0.2) is 0 Å². The fraction of sp³-hybridized carbons (Fsp3) is 0.471. The van der Waals surface area contributed by atoms with E-state index in [9.17, 15) is 0 Å². The smallest absolute Gasteiger partial charge is 0.0270 e. The van der Waals surface area contributed by atoms with Gasteiger partial charge in [-0.1, -0.05) is 13.0 Å². The number of hydrogen-bond donors (Lipinski definition) is 1. The molecule has 0 saturated heterocycles. The molecule has 2 heterocycles. The summed E-state index contributed by atoms with van der Waals surface area (Å²) < 4.78 is 0. The van der Waals surface area contributed by atoms with Gasteiger partial charge >= 0.3 is 0 Å². The standard InChI is InChI=1S/C17H24N2S/c1-2-10-19-16(14-15-8-11-18-12-9-15)5-3-6-17-7-4-13-20-17/h4,7-9,11-13,16,19H,2-3,5-6,10,14H2,1H3. The molecule has 0 aliphatic carbocycles. The van der Waals surface area contributed by atoms with E-state index in [0.29, 0.717) is 6.04 Å². The van der Waals surface area contributed by atoms with Crippen molar-refractivity contribution in [2.24, 2.45) is 0 Å². The summed E-state index contributed by atoms with van der Waals surface area (Å²) in [7, 11) is 0. The Morgan fingerprint density at radius 2 is 2.10 bits per heavy atom. The highest BCUT2D eigenvalue weighted by Gasteiger charge is 2.09. The first-order valence-electron chi connectivity index (χ1n) is 7.53. The molecule has 0 aromatic carbocycles. The van der Waals surface area contributed by atoms with Crippen molar-refractivity contribution < 1.29 is 0 Å². The number of thiophene rings is 1. The van der Waals surface area contributed by atoms with Crippen LogP contribution in [0.1, 0.15) is 36.6 Å². The number of aromatic nitrogens is 1. The Bertz CT molecular complexity index is 453. The molecule has 0 bridgehead atoms. The van der Waals surface area contributed by atoms with Gasteiger partial charge in [0.1, 0.15) is 0 Å². The van der Waals surface area contributed by atoms with E-state index in [1.807, 2.05) is 23.7 Å². The van der Waals surface area contributed by atoms with Crippen LogP contribution in [0.5, 0.6) is 0 Å². The molecule has 1 atom stereocenters. The van der Waals surface area contributed by atoms with Gasteiger partial charge in [0, 0.05) is 23.3 Å². The highest BCUT2D eigenvalue weighted by atomic mass is 32.1. The third-order valence-corrected chi connectivity index (χ3v) is 4.41. The summed E-state index contributed by atoms with van der Waals surface area (Å²) in [5.74, 6) is 0. The summed E-state index contributed by atoms with van der Waals surface area (Å²) >= 11 is 1.87. The molecule has 0 amide bonds. The number of aryl methyl sites for hydroxylation is 1. The fourth-order valence-corrected chi connectivity index (χ4v) is 3.16. The van der Waals surface area contributed by atoms with E-state index < -0.39 is 0 Å². The molecule has 2 rings (SSSR count). The maximum absolute atomic E-state index is 4.09. The minimum absolute atomic E-state index is 0.581. The lowest BCUT2D eigenvalue weighted by atomic mass is 10.0. The van der Waals surface area contributed by atoms with Gasteiger partial charge in [-0.15, -0.1) is 11.3 Å². The van der Waals surface area contributed by atoms with E-state index in [4.69, 9.17) is 0 Å². The molecule has 0 aliphatic heterocycles. The summed E-state index contributed by atoms with van der Waals surface area (Å²) in [4.78, 5) is 5.59. The van der Waals surface area contributed by atoms with Crippen molar-refractivity contribution in [1.29, 1.82) is 0 Å². The second kappa shape index (κ2) is 8.88. The molecule has 0 spiro atoms. The summed E-state index contributed by atoms with van der Waals surface area (Å²) in [6, 6.07) is 9.21. The van der Waals surface area contributed by atoms with Gasteiger partial charge < -0.3 is 5.32 Å². The lowest BCUT2D eigenvalue weighted by Gasteiger charge is -2.18. The van der Waals surface area contributed by atoms with Crippen molar-refractivity contribution in [2.45, 2.75) is 45.1 Å². The quantitative estimate of drug-likeness (QED) is 0.752. The lowest BCUT2D eigenvalue weighted by molar-refractivity contribution is 0.465.